The molecule has 0 spiro atoms. The molecule has 0 unspecified atom stereocenters. The lowest BCUT2D eigenvalue weighted by molar-refractivity contribution is -0.135. The summed E-state index contributed by atoms with van der Waals surface area (Å²) in [6.45, 7) is 4.97. The monoisotopic (exact) mass is 227 g/mol. The number of hydrogen-bond acceptors (Lipinski definition) is 6. The first-order chi connectivity index (χ1) is 7.30. The molecule has 0 N–H and O–H groups in total. The molecule has 0 aliphatic heterocycles. The first-order valence-electron chi connectivity index (χ1n) is 4.38. The Balaban J connectivity index is 4.42. The number of esters is 1. The molecule has 0 aromatic rings. The summed E-state index contributed by atoms with van der Waals surface area (Å²) < 4.78 is 13.5. The van der Waals surface area contributed by atoms with Crippen LogP contribution in [0.2, 0.25) is 0 Å². The number of hydrogen-bond donors (Lipinski definition) is 0. The molecule has 0 heterocycles. The van der Waals surface area contributed by atoms with Crippen molar-refractivity contribution in [2.45, 2.75) is 26.4 Å². The van der Waals surface area contributed by atoms with Crippen molar-refractivity contribution in [3.05, 3.63) is 11.8 Å². The van der Waals surface area contributed by atoms with Gasteiger partial charge in [0.1, 0.15) is 17.9 Å². The van der Waals surface area contributed by atoms with Crippen molar-refractivity contribution in [1.29, 1.82) is 5.26 Å². The fourth-order valence-electron chi connectivity index (χ4n) is 0.611. The van der Waals surface area contributed by atoms with E-state index in [4.69, 9.17) is 10.00 Å². The Morgan fingerprint density at radius 2 is 1.88 bits per heavy atom. The van der Waals surface area contributed by atoms with Gasteiger partial charge in [-0.2, -0.15) is 5.26 Å². The van der Waals surface area contributed by atoms with Gasteiger partial charge in [0.25, 0.3) is 0 Å². The SMILES string of the molecule is COC(=O)/C(C#N)=C\OC(=O)OC(C)(C)C. The fraction of sp³-hybridized carbons (Fsp3) is 0.500. The average Bonchev–Trinajstić information content (AvgIpc) is 2.15. The molecule has 0 aromatic heterocycles. The Hall–Kier alpha value is -2.03. The molecular formula is C10H13NO5. The van der Waals surface area contributed by atoms with Gasteiger partial charge in [-0.1, -0.05) is 0 Å². The van der Waals surface area contributed by atoms with E-state index in [1.54, 1.807) is 20.8 Å². The third-order valence-electron chi connectivity index (χ3n) is 1.19. The predicted octanol–water partition coefficient (Wildman–Crippen LogP) is 1.52. The molecule has 16 heavy (non-hydrogen) atoms. The van der Waals surface area contributed by atoms with Crippen LogP contribution in [0.5, 0.6) is 0 Å². The van der Waals surface area contributed by atoms with Crippen molar-refractivity contribution in [2.75, 3.05) is 7.11 Å². The van der Waals surface area contributed by atoms with Crippen molar-refractivity contribution in [1.82, 2.24) is 0 Å². The van der Waals surface area contributed by atoms with Gasteiger partial charge in [0, 0.05) is 0 Å². The predicted molar refractivity (Wildman–Crippen MR) is 53.0 cm³/mol. The Morgan fingerprint density at radius 3 is 2.25 bits per heavy atom. The van der Waals surface area contributed by atoms with Crippen LogP contribution in [0.4, 0.5) is 4.79 Å². The molecule has 6 nitrogen and oxygen atoms in total. The molecule has 0 aliphatic carbocycles. The zero-order valence-corrected chi connectivity index (χ0v) is 9.57. The molecule has 0 aliphatic rings. The Labute approximate surface area is 93.4 Å². The summed E-state index contributed by atoms with van der Waals surface area (Å²) in [6, 6.07) is 1.52. The number of carbonyl (C=O) groups is 2. The molecule has 0 atom stereocenters. The van der Waals surface area contributed by atoms with Gasteiger partial charge >= 0.3 is 12.1 Å². The van der Waals surface area contributed by atoms with E-state index in [2.05, 4.69) is 9.47 Å². The molecule has 0 rings (SSSR count). The Morgan fingerprint density at radius 1 is 1.31 bits per heavy atom. The molecule has 0 saturated heterocycles. The van der Waals surface area contributed by atoms with Crippen LogP contribution in [0.1, 0.15) is 20.8 Å². The molecule has 6 heteroatoms. The zero-order chi connectivity index (χ0) is 12.8. The van der Waals surface area contributed by atoms with Crippen molar-refractivity contribution in [3.63, 3.8) is 0 Å². The summed E-state index contributed by atoms with van der Waals surface area (Å²) >= 11 is 0. The smallest absolute Gasteiger partial charge is 0.465 e. The van der Waals surface area contributed by atoms with Crippen LogP contribution in [-0.4, -0.2) is 24.8 Å². The van der Waals surface area contributed by atoms with Gasteiger partial charge in [0.2, 0.25) is 0 Å². The number of carbonyl (C=O) groups excluding carboxylic acids is 2. The summed E-state index contributed by atoms with van der Waals surface area (Å²) in [6.07, 6.45) is -0.302. The van der Waals surface area contributed by atoms with Crippen LogP contribution < -0.4 is 0 Å². The van der Waals surface area contributed by atoms with Crippen molar-refractivity contribution in [2.24, 2.45) is 0 Å². The van der Waals surface area contributed by atoms with Gasteiger partial charge in [0.15, 0.2) is 5.57 Å². The third-order valence-corrected chi connectivity index (χ3v) is 1.19. The van der Waals surface area contributed by atoms with Crippen LogP contribution in [0.3, 0.4) is 0 Å². The highest BCUT2D eigenvalue weighted by atomic mass is 16.7. The van der Waals surface area contributed by atoms with E-state index in [9.17, 15) is 9.59 Å². The highest BCUT2D eigenvalue weighted by molar-refractivity contribution is 5.92. The number of nitrogens with zero attached hydrogens (tertiary/aromatic N) is 1. The number of nitriles is 1. The summed E-state index contributed by atoms with van der Waals surface area (Å²) in [5, 5.41) is 8.52. The standard InChI is InChI=1S/C10H13NO5/c1-10(2,3)16-9(13)15-6-7(5-11)8(12)14-4/h6H,1-4H3/b7-6-. The van der Waals surface area contributed by atoms with Crippen LogP contribution in [-0.2, 0) is 19.0 Å². The molecular weight excluding hydrogens is 214 g/mol. The largest absolute Gasteiger partial charge is 0.513 e. The number of ether oxygens (including phenoxy) is 3. The van der Waals surface area contributed by atoms with E-state index in [0.717, 1.165) is 7.11 Å². The van der Waals surface area contributed by atoms with Crippen molar-refractivity contribution >= 4 is 12.1 Å². The quantitative estimate of drug-likeness (QED) is 0.307. The number of methoxy groups -OCH3 is 1. The van der Waals surface area contributed by atoms with Crippen LogP contribution in [0, 0.1) is 11.3 Å². The minimum absolute atomic E-state index is 0.423. The highest BCUT2D eigenvalue weighted by Gasteiger charge is 2.18. The topological polar surface area (TPSA) is 85.6 Å². The van der Waals surface area contributed by atoms with Gasteiger partial charge < -0.3 is 14.2 Å². The first-order valence-corrected chi connectivity index (χ1v) is 4.38. The lowest BCUT2D eigenvalue weighted by Gasteiger charge is -2.17. The van der Waals surface area contributed by atoms with Crippen LogP contribution >= 0.6 is 0 Å². The van der Waals surface area contributed by atoms with Crippen molar-refractivity contribution < 1.29 is 23.8 Å². The molecule has 0 amide bonds. The maximum atomic E-state index is 11.0. The highest BCUT2D eigenvalue weighted by Crippen LogP contribution is 2.08. The van der Waals surface area contributed by atoms with Gasteiger partial charge in [-0.05, 0) is 20.8 Å². The van der Waals surface area contributed by atoms with E-state index >= 15 is 0 Å². The van der Waals surface area contributed by atoms with Crippen LogP contribution in [0.15, 0.2) is 11.8 Å². The molecule has 88 valence electrons. The van der Waals surface area contributed by atoms with E-state index in [1.165, 1.54) is 6.07 Å². The molecule has 0 fully saturated rings. The molecule has 0 radical (unpaired) electrons. The fourth-order valence-corrected chi connectivity index (χ4v) is 0.611. The number of rotatable bonds is 2. The molecule has 0 saturated carbocycles. The second kappa shape index (κ2) is 5.75. The van der Waals surface area contributed by atoms with Gasteiger partial charge in [-0.25, -0.2) is 9.59 Å². The summed E-state index contributed by atoms with van der Waals surface area (Å²) in [5.41, 5.74) is -1.13. The van der Waals surface area contributed by atoms with E-state index in [1.807, 2.05) is 0 Å². The maximum Gasteiger partial charge on any atom is 0.513 e. The normalized spacial score (nSPS) is 11.3. The molecule has 0 aromatic carbocycles. The Bertz CT molecular complexity index is 345. The van der Waals surface area contributed by atoms with E-state index < -0.39 is 23.3 Å². The second-order valence-corrected chi connectivity index (χ2v) is 3.72. The Kier molecular flexibility index (Phi) is 5.02. The summed E-state index contributed by atoms with van der Waals surface area (Å²) in [7, 11) is 1.11. The second-order valence-electron chi connectivity index (χ2n) is 3.72. The minimum Gasteiger partial charge on any atom is -0.465 e. The average molecular weight is 227 g/mol. The van der Waals surface area contributed by atoms with Gasteiger partial charge in [-0.3, -0.25) is 0 Å². The third kappa shape index (κ3) is 5.65. The van der Waals surface area contributed by atoms with Crippen LogP contribution in [0.25, 0.3) is 0 Å². The van der Waals surface area contributed by atoms with E-state index in [-0.39, 0.29) is 0 Å². The lowest BCUT2D eigenvalue weighted by Crippen LogP contribution is -2.23. The van der Waals surface area contributed by atoms with Crippen molar-refractivity contribution in [3.8, 4) is 6.07 Å². The summed E-state index contributed by atoms with van der Waals surface area (Å²) in [5.74, 6) is -0.883. The van der Waals surface area contributed by atoms with Gasteiger partial charge in [-0.15, -0.1) is 0 Å². The summed E-state index contributed by atoms with van der Waals surface area (Å²) in [4.78, 5) is 21.9. The molecule has 0 bridgehead atoms. The van der Waals surface area contributed by atoms with E-state index in [0.29, 0.717) is 6.26 Å². The first kappa shape index (κ1) is 14.0. The van der Waals surface area contributed by atoms with Gasteiger partial charge in [0.05, 0.1) is 7.11 Å². The minimum atomic E-state index is -0.996. The lowest BCUT2D eigenvalue weighted by atomic mass is 10.2. The zero-order valence-electron chi connectivity index (χ0n) is 9.57. The maximum absolute atomic E-state index is 11.0.